The fraction of sp³-hybridized carbons (Fsp3) is 0.667. The van der Waals surface area contributed by atoms with Gasteiger partial charge >= 0.3 is 0 Å². The molecule has 0 unspecified atom stereocenters. The van der Waals surface area contributed by atoms with E-state index in [4.69, 9.17) is 4.74 Å². The number of piperidine rings is 2. The molecule has 1 amide bonds. The molecule has 0 aromatic heterocycles. The molecule has 6 heteroatoms. The lowest BCUT2D eigenvalue weighted by Gasteiger charge is -2.42. The van der Waals surface area contributed by atoms with Gasteiger partial charge in [0.1, 0.15) is 5.82 Å². The minimum absolute atomic E-state index is 0.0899. The second kappa shape index (κ2) is 10.2. The molecule has 0 aliphatic carbocycles. The van der Waals surface area contributed by atoms with Crippen LogP contribution in [0.5, 0.6) is 0 Å². The largest absolute Gasteiger partial charge is 0.383 e. The lowest BCUT2D eigenvalue weighted by Crippen LogP contribution is -2.50. The Balaban J connectivity index is 1.45. The number of methoxy groups -OCH3 is 1. The summed E-state index contributed by atoms with van der Waals surface area (Å²) in [5.41, 5.74) is 0.779. The normalized spacial score (nSPS) is 22.7. The molecule has 0 radical (unpaired) electrons. The van der Waals surface area contributed by atoms with Crippen molar-refractivity contribution in [1.29, 1.82) is 0 Å². The number of nitrogens with one attached hydrogen (secondary N) is 1. The van der Waals surface area contributed by atoms with Crippen molar-refractivity contribution in [3.05, 3.63) is 35.6 Å². The maximum absolute atomic E-state index is 13.9. The first kappa shape index (κ1) is 20.2. The van der Waals surface area contributed by atoms with E-state index in [1.54, 1.807) is 13.2 Å². The number of amides is 1. The van der Waals surface area contributed by atoms with Gasteiger partial charge in [-0.15, -0.1) is 0 Å². The Hall–Kier alpha value is -1.50. The molecule has 1 atom stereocenters. The maximum Gasteiger partial charge on any atom is 0.224 e. The molecule has 0 bridgehead atoms. The molecule has 0 saturated carbocycles. The zero-order valence-corrected chi connectivity index (χ0v) is 16.3. The molecule has 0 spiro atoms. The summed E-state index contributed by atoms with van der Waals surface area (Å²) in [5, 5.41) is 2.98. The van der Waals surface area contributed by atoms with Crippen LogP contribution < -0.4 is 5.32 Å². The van der Waals surface area contributed by atoms with E-state index in [1.165, 1.54) is 6.07 Å². The minimum atomic E-state index is -0.113. The number of hydrogen-bond donors (Lipinski definition) is 1. The van der Waals surface area contributed by atoms with E-state index < -0.39 is 0 Å². The van der Waals surface area contributed by atoms with Crippen molar-refractivity contribution in [2.24, 2.45) is 5.92 Å². The van der Waals surface area contributed by atoms with E-state index in [9.17, 15) is 9.18 Å². The van der Waals surface area contributed by atoms with Gasteiger partial charge in [0.05, 0.1) is 12.5 Å². The highest BCUT2D eigenvalue weighted by Crippen LogP contribution is 2.25. The first-order valence-corrected chi connectivity index (χ1v) is 10.1. The van der Waals surface area contributed by atoms with Crippen LogP contribution in [0, 0.1) is 11.7 Å². The van der Waals surface area contributed by atoms with Crippen LogP contribution in [0.1, 0.15) is 31.2 Å². The van der Waals surface area contributed by atoms with Crippen LogP contribution >= 0.6 is 0 Å². The van der Waals surface area contributed by atoms with E-state index in [0.717, 1.165) is 57.4 Å². The molecule has 5 nitrogen and oxygen atoms in total. The van der Waals surface area contributed by atoms with Crippen molar-refractivity contribution >= 4 is 5.91 Å². The summed E-state index contributed by atoms with van der Waals surface area (Å²) in [6.45, 7) is 5.74. The predicted molar refractivity (Wildman–Crippen MR) is 104 cm³/mol. The van der Waals surface area contributed by atoms with Gasteiger partial charge < -0.3 is 10.1 Å². The lowest BCUT2D eigenvalue weighted by molar-refractivity contribution is -0.127. The first-order valence-electron chi connectivity index (χ1n) is 10.1. The quantitative estimate of drug-likeness (QED) is 0.741. The van der Waals surface area contributed by atoms with Crippen molar-refractivity contribution < 1.29 is 13.9 Å². The summed E-state index contributed by atoms with van der Waals surface area (Å²) < 4.78 is 18.9. The maximum atomic E-state index is 13.9. The third-order valence-corrected chi connectivity index (χ3v) is 5.85. The number of carbonyl (C=O) groups excluding carboxylic acids is 1. The zero-order valence-electron chi connectivity index (χ0n) is 16.3. The van der Waals surface area contributed by atoms with Gasteiger partial charge in [0.15, 0.2) is 0 Å². The van der Waals surface area contributed by atoms with Gasteiger partial charge in [-0.1, -0.05) is 18.2 Å². The van der Waals surface area contributed by atoms with E-state index in [0.29, 0.717) is 25.7 Å². The third kappa shape index (κ3) is 5.74. The van der Waals surface area contributed by atoms with Gasteiger partial charge in [0.2, 0.25) is 5.91 Å². The lowest BCUT2D eigenvalue weighted by atomic mass is 9.93. The van der Waals surface area contributed by atoms with Crippen LogP contribution in [-0.2, 0) is 16.1 Å². The van der Waals surface area contributed by atoms with Crippen molar-refractivity contribution in [2.45, 2.75) is 38.3 Å². The highest BCUT2D eigenvalue weighted by Gasteiger charge is 2.31. The number of halogens is 1. The SMILES string of the molecule is COCCNC(=O)[C@@H]1CCCN(C2CCN(Cc3ccccc3F)CC2)C1. The Labute approximate surface area is 161 Å². The van der Waals surface area contributed by atoms with Crippen molar-refractivity contribution in [1.82, 2.24) is 15.1 Å². The van der Waals surface area contributed by atoms with Gasteiger partial charge in [0, 0.05) is 38.3 Å². The molecule has 1 aromatic rings. The monoisotopic (exact) mass is 377 g/mol. The van der Waals surface area contributed by atoms with Gasteiger partial charge in [-0.2, -0.15) is 0 Å². The van der Waals surface area contributed by atoms with Crippen molar-refractivity contribution in [2.75, 3.05) is 46.4 Å². The third-order valence-electron chi connectivity index (χ3n) is 5.85. The van der Waals surface area contributed by atoms with E-state index in [1.807, 2.05) is 12.1 Å². The number of ether oxygens (including phenoxy) is 1. The van der Waals surface area contributed by atoms with E-state index >= 15 is 0 Å². The molecule has 2 saturated heterocycles. The van der Waals surface area contributed by atoms with Crippen LogP contribution in [0.3, 0.4) is 0 Å². The molecule has 150 valence electrons. The summed E-state index contributed by atoms with van der Waals surface area (Å²) in [7, 11) is 1.65. The summed E-state index contributed by atoms with van der Waals surface area (Å²) in [5.74, 6) is 0.138. The van der Waals surface area contributed by atoms with Gasteiger partial charge in [-0.05, 0) is 51.4 Å². The molecule has 3 rings (SSSR count). The second-order valence-electron chi connectivity index (χ2n) is 7.72. The molecule has 2 fully saturated rings. The predicted octanol–water partition coefficient (Wildman–Crippen LogP) is 2.26. The fourth-order valence-corrected chi connectivity index (χ4v) is 4.28. The molecule has 1 N–H and O–H groups in total. The van der Waals surface area contributed by atoms with Crippen molar-refractivity contribution in [3.8, 4) is 0 Å². The Morgan fingerprint density at radius 2 is 2.00 bits per heavy atom. The number of benzene rings is 1. The van der Waals surface area contributed by atoms with Crippen LogP contribution in [0.4, 0.5) is 4.39 Å². The van der Waals surface area contributed by atoms with Crippen molar-refractivity contribution in [3.63, 3.8) is 0 Å². The highest BCUT2D eigenvalue weighted by molar-refractivity contribution is 5.78. The summed E-state index contributed by atoms with van der Waals surface area (Å²) >= 11 is 0. The number of hydrogen-bond acceptors (Lipinski definition) is 4. The Morgan fingerprint density at radius 3 is 2.74 bits per heavy atom. The Bertz CT molecular complexity index is 605. The topological polar surface area (TPSA) is 44.8 Å². The minimum Gasteiger partial charge on any atom is -0.383 e. The molecular formula is C21H32FN3O2. The van der Waals surface area contributed by atoms with Crippen LogP contribution in [0.15, 0.2) is 24.3 Å². The zero-order chi connectivity index (χ0) is 19.1. The molecule has 2 aliphatic rings. The Kier molecular flexibility index (Phi) is 7.61. The molecular weight excluding hydrogens is 345 g/mol. The molecule has 27 heavy (non-hydrogen) atoms. The average Bonchev–Trinajstić information content (AvgIpc) is 2.70. The first-order chi connectivity index (χ1) is 13.2. The smallest absolute Gasteiger partial charge is 0.224 e. The average molecular weight is 378 g/mol. The molecule has 1 aromatic carbocycles. The van der Waals surface area contributed by atoms with Crippen LogP contribution in [0.25, 0.3) is 0 Å². The molecule has 2 heterocycles. The Morgan fingerprint density at radius 1 is 1.22 bits per heavy atom. The number of nitrogens with zero attached hydrogens (tertiary/aromatic N) is 2. The van der Waals surface area contributed by atoms with Crippen LogP contribution in [-0.4, -0.2) is 68.2 Å². The number of carbonyl (C=O) groups is 1. The second-order valence-corrected chi connectivity index (χ2v) is 7.72. The number of likely N-dealkylation sites (tertiary alicyclic amines) is 2. The van der Waals surface area contributed by atoms with E-state index in [-0.39, 0.29) is 17.6 Å². The van der Waals surface area contributed by atoms with Gasteiger partial charge in [0.25, 0.3) is 0 Å². The van der Waals surface area contributed by atoms with Gasteiger partial charge in [-0.25, -0.2) is 4.39 Å². The standard InChI is InChI=1S/C21H32FN3O2/c1-27-14-10-23-21(26)18-6-4-11-25(16-18)19-8-12-24(13-9-19)15-17-5-2-3-7-20(17)22/h2-3,5,7,18-19H,4,6,8-16H2,1H3,(H,23,26)/t18-/m1/s1. The summed E-state index contributed by atoms with van der Waals surface area (Å²) in [6, 6.07) is 7.59. The van der Waals surface area contributed by atoms with Gasteiger partial charge in [-0.3, -0.25) is 14.6 Å². The van der Waals surface area contributed by atoms with Crippen LogP contribution in [0.2, 0.25) is 0 Å². The highest BCUT2D eigenvalue weighted by atomic mass is 19.1. The molecule has 2 aliphatic heterocycles. The van der Waals surface area contributed by atoms with E-state index in [2.05, 4.69) is 15.1 Å². The fourth-order valence-electron chi connectivity index (χ4n) is 4.28. The summed E-state index contributed by atoms with van der Waals surface area (Å²) in [6.07, 6.45) is 4.23. The summed E-state index contributed by atoms with van der Waals surface area (Å²) in [4.78, 5) is 17.2. The number of rotatable bonds is 7.